The summed E-state index contributed by atoms with van der Waals surface area (Å²) in [5.41, 5.74) is 0.890. The van der Waals surface area contributed by atoms with E-state index >= 15 is 0 Å². The van der Waals surface area contributed by atoms with Crippen LogP contribution in [0.2, 0.25) is 0 Å². The maximum atomic E-state index is 13.0. The molecule has 0 atom stereocenters. The lowest BCUT2D eigenvalue weighted by Crippen LogP contribution is -2.15. The number of anilines is 1. The molecule has 5 aromatic rings. The number of rotatable bonds is 6. The fourth-order valence-corrected chi connectivity index (χ4v) is 3.46. The van der Waals surface area contributed by atoms with Gasteiger partial charge in [-0.3, -0.25) is 4.79 Å². The molecule has 161 valence electrons. The van der Waals surface area contributed by atoms with Crippen molar-refractivity contribution in [3.8, 4) is 34.3 Å². The normalized spacial score (nSPS) is 10.8. The zero-order valence-corrected chi connectivity index (χ0v) is 17.0. The maximum absolute atomic E-state index is 13.0. The number of hydrogen-bond acceptors (Lipinski definition) is 6. The minimum absolute atomic E-state index is 0.0284. The highest BCUT2D eigenvalue weighted by atomic mass is 16.5. The zero-order valence-electron chi connectivity index (χ0n) is 17.0. The fraction of sp³-hybridized carbons (Fsp3) is 0. The van der Waals surface area contributed by atoms with E-state index in [4.69, 9.17) is 4.74 Å². The van der Waals surface area contributed by atoms with E-state index < -0.39 is 5.69 Å². The summed E-state index contributed by atoms with van der Waals surface area (Å²) in [6.45, 7) is 0. The van der Waals surface area contributed by atoms with E-state index in [0.29, 0.717) is 22.7 Å². The van der Waals surface area contributed by atoms with Crippen molar-refractivity contribution < 1.29 is 14.6 Å². The first-order valence-electron chi connectivity index (χ1n) is 9.91. The standard InChI is InChI=1S/C24H16N5O4/c30-14-25-22-20-23(28-21(27-22)15-7-6-8-16(31)13-15)29(24(32)26-20)18-11-4-5-12-19(18)33-17-9-2-1-3-10-17/h1-13,31H,(H,26,32)(H,25,27,28,30). The molecule has 5 rings (SSSR count). The van der Waals surface area contributed by atoms with Crippen molar-refractivity contribution in [2.45, 2.75) is 0 Å². The number of phenolic OH excluding ortho intramolecular Hbond substituents is 1. The summed E-state index contributed by atoms with van der Waals surface area (Å²) in [6, 6.07) is 22.6. The van der Waals surface area contributed by atoms with Gasteiger partial charge in [-0.2, -0.15) is 0 Å². The predicted octanol–water partition coefficient (Wildman–Crippen LogP) is 3.75. The van der Waals surface area contributed by atoms with Crippen LogP contribution in [0.1, 0.15) is 0 Å². The third-order valence-corrected chi connectivity index (χ3v) is 4.89. The lowest BCUT2D eigenvalue weighted by molar-refractivity contribution is 0.475. The molecule has 3 N–H and O–H groups in total. The van der Waals surface area contributed by atoms with Crippen LogP contribution < -0.4 is 15.7 Å². The summed E-state index contributed by atoms with van der Waals surface area (Å²) in [5, 5.41) is 12.3. The number of H-pyrrole nitrogens is 1. The second-order valence-corrected chi connectivity index (χ2v) is 7.02. The number of phenols is 1. The highest BCUT2D eigenvalue weighted by Crippen LogP contribution is 2.31. The van der Waals surface area contributed by atoms with Crippen LogP contribution in [0.15, 0.2) is 83.7 Å². The van der Waals surface area contributed by atoms with Crippen LogP contribution in [-0.4, -0.2) is 31.0 Å². The van der Waals surface area contributed by atoms with Crippen molar-refractivity contribution in [2.75, 3.05) is 5.32 Å². The summed E-state index contributed by atoms with van der Waals surface area (Å²) in [7, 11) is 0. The van der Waals surface area contributed by atoms with Crippen molar-refractivity contribution in [3.05, 3.63) is 89.3 Å². The molecule has 1 amide bonds. The van der Waals surface area contributed by atoms with Crippen LogP contribution in [0.5, 0.6) is 17.2 Å². The number of imidazole rings is 1. The van der Waals surface area contributed by atoms with Gasteiger partial charge in [-0.15, -0.1) is 0 Å². The Labute approximate surface area is 187 Å². The third kappa shape index (κ3) is 3.79. The lowest BCUT2D eigenvalue weighted by atomic mass is 10.2. The van der Waals surface area contributed by atoms with Crippen LogP contribution in [0, 0.1) is 0 Å². The Morgan fingerprint density at radius 2 is 1.76 bits per heavy atom. The first-order valence-corrected chi connectivity index (χ1v) is 9.91. The number of aromatic amines is 1. The first-order chi connectivity index (χ1) is 16.1. The molecule has 33 heavy (non-hydrogen) atoms. The van der Waals surface area contributed by atoms with Crippen molar-refractivity contribution >= 4 is 23.4 Å². The maximum Gasteiger partial charge on any atom is 0.332 e. The Morgan fingerprint density at radius 3 is 2.55 bits per heavy atom. The zero-order chi connectivity index (χ0) is 22.8. The highest BCUT2D eigenvalue weighted by molar-refractivity contribution is 5.91. The van der Waals surface area contributed by atoms with Gasteiger partial charge < -0.3 is 20.1 Å². The van der Waals surface area contributed by atoms with Gasteiger partial charge in [0.15, 0.2) is 23.0 Å². The molecule has 9 nitrogen and oxygen atoms in total. The molecule has 0 bridgehead atoms. The largest absolute Gasteiger partial charge is 0.508 e. The van der Waals surface area contributed by atoms with Gasteiger partial charge in [0.2, 0.25) is 0 Å². The van der Waals surface area contributed by atoms with Crippen LogP contribution in [0.4, 0.5) is 5.82 Å². The van der Waals surface area contributed by atoms with E-state index in [1.807, 2.05) is 18.2 Å². The summed E-state index contributed by atoms with van der Waals surface area (Å²) < 4.78 is 7.36. The van der Waals surface area contributed by atoms with E-state index in [1.54, 1.807) is 54.9 Å². The molecule has 0 aliphatic rings. The number of aromatic nitrogens is 4. The number of ether oxygens (including phenoxy) is 1. The Bertz CT molecular complexity index is 1530. The molecular weight excluding hydrogens is 422 g/mol. The van der Waals surface area contributed by atoms with Crippen molar-refractivity contribution in [2.24, 2.45) is 0 Å². The summed E-state index contributed by atoms with van der Waals surface area (Å²) in [5.74, 6) is 1.34. The second-order valence-electron chi connectivity index (χ2n) is 7.02. The van der Waals surface area contributed by atoms with Crippen LogP contribution in [0.25, 0.3) is 28.2 Å². The smallest absolute Gasteiger partial charge is 0.332 e. The molecule has 0 saturated carbocycles. The van der Waals surface area contributed by atoms with Crippen molar-refractivity contribution in [1.29, 1.82) is 0 Å². The number of hydrogen-bond donors (Lipinski definition) is 3. The van der Waals surface area contributed by atoms with E-state index in [9.17, 15) is 14.7 Å². The number of benzene rings is 3. The minimum atomic E-state index is -0.495. The Balaban J connectivity index is 1.74. The van der Waals surface area contributed by atoms with E-state index in [0.717, 1.165) is 0 Å². The van der Waals surface area contributed by atoms with Crippen LogP contribution >= 0.6 is 0 Å². The van der Waals surface area contributed by atoms with Gasteiger partial charge in [0, 0.05) is 5.56 Å². The molecular formula is C24H16N5O4. The van der Waals surface area contributed by atoms with E-state index in [-0.39, 0.29) is 28.6 Å². The summed E-state index contributed by atoms with van der Waals surface area (Å²) in [4.78, 5) is 35.7. The number of aromatic hydroxyl groups is 1. The molecule has 0 saturated heterocycles. The molecule has 0 spiro atoms. The number of fused-ring (bicyclic) bond motifs is 1. The Kier molecular flexibility index (Phi) is 5.04. The molecule has 2 aromatic heterocycles. The van der Waals surface area contributed by atoms with Gasteiger partial charge in [-0.25, -0.2) is 19.3 Å². The van der Waals surface area contributed by atoms with Crippen molar-refractivity contribution in [3.63, 3.8) is 0 Å². The van der Waals surface area contributed by atoms with Gasteiger partial charge >= 0.3 is 12.1 Å². The molecule has 0 aliphatic heterocycles. The molecule has 0 fully saturated rings. The fourth-order valence-electron chi connectivity index (χ4n) is 3.46. The number of amides is 1. The van der Waals surface area contributed by atoms with E-state index in [1.165, 1.54) is 16.7 Å². The SMILES string of the molecule is O=[C]Nc1nc(-c2cccc(O)c2)nc2c1[nH]c(=O)n2-c1ccccc1Oc1ccccc1. The molecule has 0 aliphatic carbocycles. The number of para-hydroxylation sites is 3. The van der Waals surface area contributed by atoms with Gasteiger partial charge in [0.25, 0.3) is 0 Å². The molecule has 3 aromatic carbocycles. The average Bonchev–Trinajstić information content (AvgIpc) is 3.16. The number of nitrogens with zero attached hydrogens (tertiary/aromatic N) is 3. The molecule has 9 heteroatoms. The quantitative estimate of drug-likeness (QED) is 0.347. The van der Waals surface area contributed by atoms with Gasteiger partial charge in [0.05, 0.1) is 5.69 Å². The summed E-state index contributed by atoms with van der Waals surface area (Å²) >= 11 is 0. The average molecular weight is 438 g/mol. The summed E-state index contributed by atoms with van der Waals surface area (Å²) in [6.07, 6.45) is 1.58. The van der Waals surface area contributed by atoms with Gasteiger partial charge in [-0.05, 0) is 36.4 Å². The van der Waals surface area contributed by atoms with E-state index in [2.05, 4.69) is 20.3 Å². The Morgan fingerprint density at radius 1 is 0.970 bits per heavy atom. The number of carbonyl (C=O) groups excluding carboxylic acids is 1. The lowest BCUT2D eigenvalue weighted by Gasteiger charge is -2.12. The van der Waals surface area contributed by atoms with Crippen LogP contribution in [-0.2, 0) is 4.79 Å². The van der Waals surface area contributed by atoms with Crippen molar-refractivity contribution in [1.82, 2.24) is 19.5 Å². The Hall–Kier alpha value is -4.92. The highest BCUT2D eigenvalue weighted by Gasteiger charge is 2.20. The topological polar surface area (TPSA) is 122 Å². The van der Waals surface area contributed by atoms with Gasteiger partial charge in [-0.1, -0.05) is 42.5 Å². The predicted molar refractivity (Wildman–Crippen MR) is 122 cm³/mol. The second kappa shape index (κ2) is 8.31. The molecule has 2 heterocycles. The van der Waals surface area contributed by atoms with Crippen LogP contribution in [0.3, 0.4) is 0 Å². The molecule has 1 radical (unpaired) electrons. The third-order valence-electron chi connectivity index (χ3n) is 4.89. The monoisotopic (exact) mass is 438 g/mol. The first kappa shape index (κ1) is 20.0. The molecule has 0 unspecified atom stereocenters. The number of nitrogens with one attached hydrogen (secondary N) is 2. The minimum Gasteiger partial charge on any atom is -0.508 e. The van der Waals surface area contributed by atoms with Gasteiger partial charge in [0.1, 0.15) is 17.0 Å².